The predicted molar refractivity (Wildman–Crippen MR) is 71.2 cm³/mol. The van der Waals surface area contributed by atoms with Gasteiger partial charge in [0.2, 0.25) is 5.91 Å². The summed E-state index contributed by atoms with van der Waals surface area (Å²) in [5.74, 6) is -0.501. The van der Waals surface area contributed by atoms with Gasteiger partial charge in [-0.2, -0.15) is 0 Å². The smallest absolute Gasteiger partial charge is 0.242 e. The molecule has 1 heterocycles. The number of hydrogen-bond donors (Lipinski definition) is 1. The van der Waals surface area contributed by atoms with Crippen molar-refractivity contribution in [3.05, 3.63) is 53.7 Å². The molecule has 20 heavy (non-hydrogen) atoms. The number of likely N-dealkylation sites (N-methyl/N-ethyl adjacent to an activating group) is 1. The SMILES string of the molecule is CN(C)[C@@H](C(=O)NCc1ccon1)c1ccc(F)cc1. The highest BCUT2D eigenvalue weighted by molar-refractivity contribution is 5.83. The van der Waals surface area contributed by atoms with Crippen molar-refractivity contribution < 1.29 is 13.7 Å². The van der Waals surface area contributed by atoms with Crippen LogP contribution in [0.25, 0.3) is 0 Å². The number of amides is 1. The molecule has 2 aromatic rings. The Balaban J connectivity index is 2.08. The van der Waals surface area contributed by atoms with Crippen molar-refractivity contribution >= 4 is 5.91 Å². The summed E-state index contributed by atoms with van der Waals surface area (Å²) in [7, 11) is 3.59. The number of carbonyl (C=O) groups is 1. The van der Waals surface area contributed by atoms with Crippen LogP contribution in [0.3, 0.4) is 0 Å². The molecular weight excluding hydrogens is 261 g/mol. The monoisotopic (exact) mass is 277 g/mol. The molecule has 2 rings (SSSR count). The quantitative estimate of drug-likeness (QED) is 0.904. The summed E-state index contributed by atoms with van der Waals surface area (Å²) >= 11 is 0. The zero-order valence-corrected chi connectivity index (χ0v) is 11.3. The molecule has 106 valence electrons. The average molecular weight is 277 g/mol. The molecule has 1 amide bonds. The summed E-state index contributed by atoms with van der Waals surface area (Å²) in [6.07, 6.45) is 1.45. The van der Waals surface area contributed by atoms with E-state index in [9.17, 15) is 9.18 Å². The number of nitrogens with zero attached hydrogens (tertiary/aromatic N) is 2. The van der Waals surface area contributed by atoms with Crippen LogP contribution in [-0.2, 0) is 11.3 Å². The van der Waals surface area contributed by atoms with Gasteiger partial charge in [0.25, 0.3) is 0 Å². The Hall–Kier alpha value is -2.21. The minimum absolute atomic E-state index is 0.176. The highest BCUT2D eigenvalue weighted by Crippen LogP contribution is 2.19. The van der Waals surface area contributed by atoms with Crippen molar-refractivity contribution in [1.82, 2.24) is 15.4 Å². The van der Waals surface area contributed by atoms with Crippen LogP contribution in [0.2, 0.25) is 0 Å². The van der Waals surface area contributed by atoms with E-state index in [1.165, 1.54) is 18.4 Å². The molecule has 1 aromatic heterocycles. The molecule has 0 unspecified atom stereocenters. The zero-order chi connectivity index (χ0) is 14.5. The number of hydrogen-bond acceptors (Lipinski definition) is 4. The molecule has 1 N–H and O–H groups in total. The fourth-order valence-electron chi connectivity index (χ4n) is 1.93. The largest absolute Gasteiger partial charge is 0.364 e. The van der Waals surface area contributed by atoms with E-state index in [4.69, 9.17) is 4.52 Å². The maximum atomic E-state index is 13.0. The third-order valence-electron chi connectivity index (χ3n) is 2.89. The summed E-state index contributed by atoms with van der Waals surface area (Å²) in [6.45, 7) is 0.293. The van der Waals surface area contributed by atoms with Gasteiger partial charge < -0.3 is 9.84 Å². The van der Waals surface area contributed by atoms with Gasteiger partial charge in [-0.15, -0.1) is 0 Å². The minimum atomic E-state index is -0.484. The summed E-state index contributed by atoms with van der Waals surface area (Å²) in [4.78, 5) is 14.0. The van der Waals surface area contributed by atoms with Gasteiger partial charge in [-0.1, -0.05) is 17.3 Å². The lowest BCUT2D eigenvalue weighted by Crippen LogP contribution is -2.36. The lowest BCUT2D eigenvalue weighted by molar-refractivity contribution is -0.126. The standard InChI is InChI=1S/C14H16FN3O2/c1-18(2)13(10-3-5-11(15)6-4-10)14(19)16-9-12-7-8-20-17-12/h3-8,13H,9H2,1-2H3,(H,16,19)/t13-/m1/s1. The topological polar surface area (TPSA) is 58.4 Å². The van der Waals surface area contributed by atoms with Gasteiger partial charge in [0.15, 0.2) is 0 Å². The second-order valence-corrected chi connectivity index (χ2v) is 4.63. The zero-order valence-electron chi connectivity index (χ0n) is 11.3. The van der Waals surface area contributed by atoms with Crippen molar-refractivity contribution in [3.63, 3.8) is 0 Å². The van der Waals surface area contributed by atoms with E-state index in [1.807, 2.05) is 0 Å². The molecule has 0 aliphatic rings. The molecule has 1 atom stereocenters. The Labute approximate surface area is 116 Å². The maximum Gasteiger partial charge on any atom is 0.242 e. The summed E-state index contributed by atoms with van der Waals surface area (Å²) in [5.41, 5.74) is 1.38. The summed E-state index contributed by atoms with van der Waals surface area (Å²) in [5, 5.41) is 6.51. The average Bonchev–Trinajstić information content (AvgIpc) is 2.92. The van der Waals surface area contributed by atoms with Crippen LogP contribution >= 0.6 is 0 Å². The Kier molecular flexibility index (Phi) is 4.47. The van der Waals surface area contributed by atoms with Gasteiger partial charge in [0, 0.05) is 6.07 Å². The normalized spacial score (nSPS) is 12.4. The molecule has 6 heteroatoms. The Morgan fingerprint density at radius 1 is 1.35 bits per heavy atom. The van der Waals surface area contributed by atoms with Gasteiger partial charge in [0.1, 0.15) is 23.8 Å². The van der Waals surface area contributed by atoms with Gasteiger partial charge in [-0.3, -0.25) is 9.69 Å². The number of benzene rings is 1. The first-order chi connectivity index (χ1) is 9.58. The molecule has 0 spiro atoms. The van der Waals surface area contributed by atoms with Crippen molar-refractivity contribution in [2.75, 3.05) is 14.1 Å². The van der Waals surface area contributed by atoms with Crippen LogP contribution in [0, 0.1) is 5.82 Å². The van der Waals surface area contributed by atoms with Gasteiger partial charge in [0.05, 0.1) is 6.54 Å². The number of aromatic nitrogens is 1. The van der Waals surface area contributed by atoms with Gasteiger partial charge >= 0.3 is 0 Å². The second-order valence-electron chi connectivity index (χ2n) is 4.63. The third kappa shape index (κ3) is 3.42. The molecule has 0 saturated carbocycles. The first kappa shape index (κ1) is 14.2. The predicted octanol–water partition coefficient (Wildman–Crippen LogP) is 1.73. The fraction of sp³-hybridized carbons (Fsp3) is 0.286. The Morgan fingerprint density at radius 2 is 2.05 bits per heavy atom. The van der Waals surface area contributed by atoms with Crippen LogP contribution in [0.1, 0.15) is 17.3 Å². The molecule has 0 aliphatic heterocycles. The number of rotatable bonds is 5. The third-order valence-corrected chi connectivity index (χ3v) is 2.89. The van der Waals surface area contributed by atoms with Crippen LogP contribution < -0.4 is 5.32 Å². The van der Waals surface area contributed by atoms with Crippen LogP contribution in [0.4, 0.5) is 4.39 Å². The molecular formula is C14H16FN3O2. The fourth-order valence-corrected chi connectivity index (χ4v) is 1.93. The van der Waals surface area contributed by atoms with E-state index in [1.54, 1.807) is 37.2 Å². The molecule has 5 nitrogen and oxygen atoms in total. The molecule has 0 saturated heterocycles. The van der Waals surface area contributed by atoms with E-state index in [0.29, 0.717) is 12.2 Å². The first-order valence-corrected chi connectivity index (χ1v) is 6.17. The van der Waals surface area contributed by atoms with E-state index < -0.39 is 6.04 Å². The molecule has 0 fully saturated rings. The second kappa shape index (κ2) is 6.29. The van der Waals surface area contributed by atoms with Crippen LogP contribution in [0.5, 0.6) is 0 Å². The van der Waals surface area contributed by atoms with E-state index >= 15 is 0 Å². The molecule has 0 radical (unpaired) electrons. The van der Waals surface area contributed by atoms with Gasteiger partial charge in [-0.25, -0.2) is 4.39 Å². The van der Waals surface area contributed by atoms with Crippen molar-refractivity contribution in [2.24, 2.45) is 0 Å². The number of halogens is 1. The van der Waals surface area contributed by atoms with E-state index in [0.717, 1.165) is 5.56 Å². The maximum absolute atomic E-state index is 13.0. The van der Waals surface area contributed by atoms with E-state index in [-0.39, 0.29) is 11.7 Å². The highest BCUT2D eigenvalue weighted by Gasteiger charge is 2.22. The number of nitrogens with one attached hydrogen (secondary N) is 1. The molecule has 1 aromatic carbocycles. The van der Waals surface area contributed by atoms with E-state index in [2.05, 4.69) is 10.5 Å². The van der Waals surface area contributed by atoms with Crippen molar-refractivity contribution in [3.8, 4) is 0 Å². The van der Waals surface area contributed by atoms with Crippen molar-refractivity contribution in [2.45, 2.75) is 12.6 Å². The Morgan fingerprint density at radius 3 is 2.60 bits per heavy atom. The Bertz CT molecular complexity index is 552. The summed E-state index contributed by atoms with van der Waals surface area (Å²) in [6, 6.07) is 7.10. The lowest BCUT2D eigenvalue weighted by Gasteiger charge is -2.23. The van der Waals surface area contributed by atoms with Crippen molar-refractivity contribution in [1.29, 1.82) is 0 Å². The summed E-state index contributed by atoms with van der Waals surface area (Å²) < 4.78 is 17.7. The minimum Gasteiger partial charge on any atom is -0.364 e. The highest BCUT2D eigenvalue weighted by atomic mass is 19.1. The number of carbonyl (C=O) groups excluding carboxylic acids is 1. The van der Waals surface area contributed by atoms with Crippen LogP contribution in [0.15, 0.2) is 41.1 Å². The molecule has 0 aliphatic carbocycles. The molecule has 0 bridgehead atoms. The van der Waals surface area contributed by atoms with Crippen LogP contribution in [-0.4, -0.2) is 30.1 Å². The first-order valence-electron chi connectivity index (χ1n) is 6.17. The lowest BCUT2D eigenvalue weighted by atomic mass is 10.1. The van der Waals surface area contributed by atoms with Gasteiger partial charge in [-0.05, 0) is 31.8 Å².